The second-order valence-electron chi connectivity index (χ2n) is 11.2. The fourth-order valence-electron chi connectivity index (χ4n) is 6.37. The average molecular weight is 467 g/mol. The fraction of sp³-hybridized carbons (Fsp3) is 0.625. The fourth-order valence-corrected chi connectivity index (χ4v) is 6.37. The summed E-state index contributed by atoms with van der Waals surface area (Å²) in [6, 6.07) is 15.0. The topological polar surface area (TPSA) is 0 Å². The summed E-state index contributed by atoms with van der Waals surface area (Å²) in [6.45, 7) is 2.11. The maximum absolute atomic E-state index is 14.9. The number of rotatable bonds is 10. The maximum Gasteiger partial charge on any atom is 0.126 e. The van der Waals surface area contributed by atoms with Crippen LogP contribution < -0.4 is 0 Å². The van der Waals surface area contributed by atoms with Crippen LogP contribution in [0.3, 0.4) is 0 Å². The predicted molar refractivity (Wildman–Crippen MR) is 140 cm³/mol. The van der Waals surface area contributed by atoms with E-state index in [-0.39, 0.29) is 18.4 Å². The highest BCUT2D eigenvalue weighted by atomic mass is 19.1. The van der Waals surface area contributed by atoms with Crippen LogP contribution in [0.2, 0.25) is 0 Å². The van der Waals surface area contributed by atoms with E-state index >= 15 is 0 Å². The molecule has 0 saturated heterocycles. The summed E-state index contributed by atoms with van der Waals surface area (Å²) in [7, 11) is 0. The first-order valence-corrected chi connectivity index (χ1v) is 14.1. The molecule has 2 aromatic rings. The first kappa shape index (κ1) is 25.4. The molecule has 0 heterocycles. The van der Waals surface area contributed by atoms with Crippen molar-refractivity contribution in [3.8, 4) is 0 Å². The molecule has 0 nitrogen and oxygen atoms in total. The third kappa shape index (κ3) is 6.92. The minimum Gasteiger partial charge on any atom is -0.251 e. The second-order valence-corrected chi connectivity index (χ2v) is 11.2. The van der Waals surface area contributed by atoms with Crippen molar-refractivity contribution >= 4 is 0 Å². The highest BCUT2D eigenvalue weighted by Gasteiger charge is 2.23. The van der Waals surface area contributed by atoms with E-state index in [9.17, 15) is 8.78 Å². The standard InChI is InChI=1S/C32H44F2/c1-2-3-4-5-24-6-15-29(16-7-24)31-21-20-30(32(34)22-31)19-10-25-8-13-27(14-9-25)28-17-11-26(23-33)12-18-28/h8-9,13-14,20-22,24,26,28-29H,2-7,10-12,15-19,23H2,1H3. The Hall–Kier alpha value is -1.70. The van der Waals surface area contributed by atoms with Crippen molar-refractivity contribution in [1.82, 2.24) is 0 Å². The summed E-state index contributed by atoms with van der Waals surface area (Å²) in [4.78, 5) is 0. The zero-order valence-electron chi connectivity index (χ0n) is 21.2. The molecule has 0 aromatic heterocycles. The number of benzene rings is 2. The molecular weight excluding hydrogens is 422 g/mol. The van der Waals surface area contributed by atoms with Gasteiger partial charge >= 0.3 is 0 Å². The van der Waals surface area contributed by atoms with Gasteiger partial charge in [-0.15, -0.1) is 0 Å². The minimum atomic E-state index is -0.163. The van der Waals surface area contributed by atoms with Gasteiger partial charge in [-0.3, -0.25) is 4.39 Å². The summed E-state index contributed by atoms with van der Waals surface area (Å²) in [5, 5.41) is 0. The molecule has 34 heavy (non-hydrogen) atoms. The number of unbranched alkanes of at least 4 members (excludes halogenated alkanes) is 2. The molecule has 2 fully saturated rings. The number of halogens is 2. The Balaban J connectivity index is 1.25. The second kappa shape index (κ2) is 12.8. The Morgan fingerprint density at radius 3 is 1.94 bits per heavy atom. The van der Waals surface area contributed by atoms with Crippen molar-refractivity contribution in [3.05, 3.63) is 70.5 Å². The predicted octanol–water partition coefficient (Wildman–Crippen LogP) is 9.71. The minimum absolute atomic E-state index is 0.0242. The molecule has 2 aromatic carbocycles. The van der Waals surface area contributed by atoms with Gasteiger partial charge in [0, 0.05) is 0 Å². The monoisotopic (exact) mass is 466 g/mol. The smallest absolute Gasteiger partial charge is 0.126 e. The molecule has 4 rings (SSSR count). The molecule has 0 atom stereocenters. The molecular formula is C32H44F2. The third-order valence-corrected chi connectivity index (χ3v) is 8.81. The summed E-state index contributed by atoms with van der Waals surface area (Å²) < 4.78 is 27.8. The normalized spacial score (nSPS) is 25.4. The van der Waals surface area contributed by atoms with E-state index in [0.29, 0.717) is 11.8 Å². The molecule has 2 aliphatic carbocycles. The van der Waals surface area contributed by atoms with Crippen molar-refractivity contribution in [1.29, 1.82) is 0 Å². The van der Waals surface area contributed by atoms with Gasteiger partial charge in [0.2, 0.25) is 0 Å². The van der Waals surface area contributed by atoms with E-state index < -0.39 is 0 Å². The zero-order chi connectivity index (χ0) is 23.8. The van der Waals surface area contributed by atoms with Crippen molar-refractivity contribution in [2.24, 2.45) is 11.8 Å². The van der Waals surface area contributed by atoms with Crippen molar-refractivity contribution in [3.63, 3.8) is 0 Å². The van der Waals surface area contributed by atoms with Crippen molar-refractivity contribution < 1.29 is 8.78 Å². The van der Waals surface area contributed by atoms with Gasteiger partial charge in [-0.1, -0.05) is 69.0 Å². The highest BCUT2D eigenvalue weighted by molar-refractivity contribution is 5.30. The SMILES string of the molecule is CCCCCC1CCC(c2ccc(CCc3ccc(C4CCC(CF)CC4)cc3)c(F)c2)CC1. The van der Waals surface area contributed by atoms with Crippen LogP contribution in [0.1, 0.15) is 118 Å². The molecule has 0 N–H and O–H groups in total. The van der Waals surface area contributed by atoms with Crippen LogP contribution in [0.25, 0.3) is 0 Å². The van der Waals surface area contributed by atoms with E-state index in [1.165, 1.54) is 68.1 Å². The van der Waals surface area contributed by atoms with E-state index in [0.717, 1.165) is 50.0 Å². The molecule has 0 bridgehead atoms. The molecule has 0 amide bonds. The maximum atomic E-state index is 14.9. The first-order chi connectivity index (χ1) is 16.7. The van der Waals surface area contributed by atoms with Crippen molar-refractivity contribution in [2.45, 2.75) is 109 Å². The van der Waals surface area contributed by atoms with Gasteiger partial charge in [0.25, 0.3) is 0 Å². The van der Waals surface area contributed by atoms with Crippen LogP contribution in [0.4, 0.5) is 8.78 Å². The van der Waals surface area contributed by atoms with Gasteiger partial charge in [-0.25, -0.2) is 4.39 Å². The van der Waals surface area contributed by atoms with Gasteiger partial charge in [-0.05, 0) is 116 Å². The molecule has 2 heteroatoms. The quantitative estimate of drug-likeness (QED) is 0.306. The first-order valence-electron chi connectivity index (χ1n) is 14.1. The van der Waals surface area contributed by atoms with Crippen LogP contribution in [0.5, 0.6) is 0 Å². The molecule has 2 saturated carbocycles. The Morgan fingerprint density at radius 1 is 0.706 bits per heavy atom. The van der Waals surface area contributed by atoms with E-state index in [4.69, 9.17) is 0 Å². The van der Waals surface area contributed by atoms with Crippen LogP contribution in [-0.4, -0.2) is 6.67 Å². The Morgan fingerprint density at radius 2 is 1.32 bits per heavy atom. The van der Waals surface area contributed by atoms with E-state index in [1.807, 2.05) is 12.1 Å². The summed E-state index contributed by atoms with van der Waals surface area (Å²) in [5.41, 5.74) is 4.70. The van der Waals surface area contributed by atoms with Gasteiger partial charge in [0.1, 0.15) is 5.82 Å². The molecule has 2 aliphatic rings. The summed E-state index contributed by atoms with van der Waals surface area (Å²) >= 11 is 0. The molecule has 0 spiro atoms. The summed E-state index contributed by atoms with van der Waals surface area (Å²) in [6.07, 6.45) is 16.3. The van der Waals surface area contributed by atoms with E-state index in [2.05, 4.69) is 37.3 Å². The lowest BCUT2D eigenvalue weighted by Crippen LogP contribution is -2.14. The number of aryl methyl sites for hydroxylation is 2. The van der Waals surface area contributed by atoms with Crippen LogP contribution >= 0.6 is 0 Å². The van der Waals surface area contributed by atoms with Gasteiger partial charge < -0.3 is 0 Å². The Labute approximate surface area is 206 Å². The van der Waals surface area contributed by atoms with Crippen molar-refractivity contribution in [2.75, 3.05) is 6.67 Å². The van der Waals surface area contributed by atoms with E-state index in [1.54, 1.807) is 0 Å². The molecule has 186 valence electrons. The molecule has 0 aliphatic heterocycles. The molecule has 0 radical (unpaired) electrons. The largest absolute Gasteiger partial charge is 0.251 e. The lowest BCUT2D eigenvalue weighted by molar-refractivity contribution is 0.263. The highest BCUT2D eigenvalue weighted by Crippen LogP contribution is 2.38. The molecule has 0 unspecified atom stereocenters. The Kier molecular flexibility index (Phi) is 9.59. The third-order valence-electron chi connectivity index (χ3n) is 8.81. The number of alkyl halides is 1. The van der Waals surface area contributed by atoms with Crippen LogP contribution in [-0.2, 0) is 12.8 Å². The zero-order valence-corrected chi connectivity index (χ0v) is 21.2. The lowest BCUT2D eigenvalue weighted by Gasteiger charge is -2.29. The summed E-state index contributed by atoms with van der Waals surface area (Å²) in [5.74, 6) is 2.27. The van der Waals surface area contributed by atoms with Crippen LogP contribution in [0, 0.1) is 17.7 Å². The number of hydrogen-bond donors (Lipinski definition) is 0. The average Bonchev–Trinajstić information content (AvgIpc) is 2.89. The van der Waals surface area contributed by atoms with Gasteiger partial charge in [0.15, 0.2) is 0 Å². The Bertz CT molecular complexity index is 855. The lowest BCUT2D eigenvalue weighted by atomic mass is 9.77. The van der Waals surface area contributed by atoms with Gasteiger partial charge in [-0.2, -0.15) is 0 Å². The van der Waals surface area contributed by atoms with Gasteiger partial charge in [0.05, 0.1) is 6.67 Å². The van der Waals surface area contributed by atoms with Crippen LogP contribution in [0.15, 0.2) is 42.5 Å². The number of hydrogen-bond acceptors (Lipinski definition) is 0.